The predicted octanol–water partition coefficient (Wildman–Crippen LogP) is 2.67. The summed E-state index contributed by atoms with van der Waals surface area (Å²) in [4.78, 5) is 30.4. The van der Waals surface area contributed by atoms with Crippen LogP contribution in [0.1, 0.15) is 24.8 Å². The molecule has 1 aromatic rings. The molecule has 164 valence electrons. The van der Waals surface area contributed by atoms with E-state index in [9.17, 15) is 14.7 Å². The van der Waals surface area contributed by atoms with Gasteiger partial charge in [0, 0.05) is 35.9 Å². The molecule has 3 aliphatic rings. The van der Waals surface area contributed by atoms with Gasteiger partial charge in [0.25, 0.3) is 0 Å². The zero-order chi connectivity index (χ0) is 22.0. The number of ether oxygens (including phenoxy) is 1. The highest BCUT2D eigenvalue weighted by atomic mass is 16.5. The normalized spacial score (nSPS) is 27.2. The lowest BCUT2D eigenvalue weighted by atomic mass is 9.80. The van der Waals surface area contributed by atoms with E-state index in [4.69, 9.17) is 10.3 Å². The Hall–Kier alpha value is -2.67. The highest BCUT2D eigenvalue weighted by Gasteiger charge is 2.56. The van der Waals surface area contributed by atoms with Crippen LogP contribution in [0.25, 0.3) is 10.4 Å². The SMILES string of the molecule is COC(=O)[C@H](Cc1ccccc1)N1CC2=CC(=O)[C@H](C3CC3)[C@H]2[C@@H]1[C@@H](O)CCN=[N+]=[N-]. The summed E-state index contributed by atoms with van der Waals surface area (Å²) < 4.78 is 5.14. The van der Waals surface area contributed by atoms with Crippen LogP contribution in [-0.2, 0) is 20.7 Å². The number of methoxy groups -OCH3 is 1. The van der Waals surface area contributed by atoms with Gasteiger partial charge in [-0.05, 0) is 54.3 Å². The van der Waals surface area contributed by atoms with E-state index in [1.807, 2.05) is 35.2 Å². The highest BCUT2D eigenvalue weighted by Crippen LogP contribution is 2.52. The van der Waals surface area contributed by atoms with E-state index < -0.39 is 18.2 Å². The van der Waals surface area contributed by atoms with Crippen LogP contribution in [0.3, 0.4) is 0 Å². The van der Waals surface area contributed by atoms with E-state index in [1.54, 1.807) is 6.08 Å². The third kappa shape index (κ3) is 4.37. The molecule has 1 saturated carbocycles. The number of hydrogen-bond acceptors (Lipinski definition) is 6. The zero-order valence-electron chi connectivity index (χ0n) is 17.6. The third-order valence-electron chi connectivity index (χ3n) is 6.84. The van der Waals surface area contributed by atoms with Gasteiger partial charge >= 0.3 is 5.97 Å². The summed E-state index contributed by atoms with van der Waals surface area (Å²) in [5.41, 5.74) is 10.6. The Balaban J connectivity index is 1.67. The first-order valence-corrected chi connectivity index (χ1v) is 10.9. The average molecular weight is 425 g/mol. The van der Waals surface area contributed by atoms with Crippen molar-refractivity contribution >= 4 is 11.8 Å². The van der Waals surface area contributed by atoms with Gasteiger partial charge in [-0.2, -0.15) is 0 Å². The Labute approximate surface area is 181 Å². The molecule has 1 N–H and O–H groups in total. The summed E-state index contributed by atoms with van der Waals surface area (Å²) >= 11 is 0. The average Bonchev–Trinajstić information content (AvgIpc) is 3.47. The highest BCUT2D eigenvalue weighted by molar-refractivity contribution is 5.96. The first-order valence-electron chi connectivity index (χ1n) is 10.9. The molecule has 31 heavy (non-hydrogen) atoms. The van der Waals surface area contributed by atoms with E-state index in [0.717, 1.165) is 24.0 Å². The summed E-state index contributed by atoms with van der Waals surface area (Å²) in [5.74, 6) is -0.0973. The molecule has 0 bridgehead atoms. The molecular formula is C23H28N4O4. The number of aliphatic hydroxyl groups excluding tert-OH is 1. The van der Waals surface area contributed by atoms with Gasteiger partial charge in [0.2, 0.25) is 0 Å². The summed E-state index contributed by atoms with van der Waals surface area (Å²) in [6.07, 6.45) is 3.70. The molecule has 0 spiro atoms. The van der Waals surface area contributed by atoms with E-state index in [0.29, 0.717) is 18.9 Å². The predicted molar refractivity (Wildman–Crippen MR) is 114 cm³/mol. The second-order valence-corrected chi connectivity index (χ2v) is 8.71. The first-order chi connectivity index (χ1) is 15.0. The minimum atomic E-state index is -0.823. The van der Waals surface area contributed by atoms with Crippen molar-refractivity contribution in [3.05, 3.63) is 58.0 Å². The van der Waals surface area contributed by atoms with Crippen LogP contribution in [0.5, 0.6) is 0 Å². The first kappa shape index (κ1) is 21.6. The smallest absolute Gasteiger partial charge is 0.323 e. The monoisotopic (exact) mass is 424 g/mol. The van der Waals surface area contributed by atoms with E-state index in [2.05, 4.69) is 10.0 Å². The fourth-order valence-corrected chi connectivity index (χ4v) is 5.36. The molecule has 1 heterocycles. The molecule has 1 aliphatic heterocycles. The minimum Gasteiger partial charge on any atom is -0.468 e. The number of aliphatic hydroxyl groups is 1. The van der Waals surface area contributed by atoms with Gasteiger partial charge in [0.1, 0.15) is 6.04 Å². The van der Waals surface area contributed by atoms with Crippen molar-refractivity contribution in [1.29, 1.82) is 0 Å². The second kappa shape index (κ2) is 9.22. The molecule has 5 atom stereocenters. The third-order valence-corrected chi connectivity index (χ3v) is 6.84. The number of allylic oxidation sites excluding steroid dienone is 1. The van der Waals surface area contributed by atoms with Gasteiger partial charge in [0.15, 0.2) is 5.78 Å². The number of hydrogen-bond donors (Lipinski definition) is 1. The van der Waals surface area contributed by atoms with Crippen LogP contribution in [0.4, 0.5) is 0 Å². The van der Waals surface area contributed by atoms with Crippen LogP contribution >= 0.6 is 0 Å². The maximum atomic E-state index is 12.8. The molecule has 1 saturated heterocycles. The molecule has 0 aromatic heterocycles. The molecule has 2 fully saturated rings. The molecular weight excluding hydrogens is 396 g/mol. The molecule has 0 unspecified atom stereocenters. The van der Waals surface area contributed by atoms with Gasteiger partial charge in [-0.25, -0.2) is 0 Å². The number of esters is 1. The Morgan fingerprint density at radius 1 is 1.32 bits per heavy atom. The van der Waals surface area contributed by atoms with Crippen molar-refractivity contribution in [2.24, 2.45) is 22.9 Å². The Kier molecular flexibility index (Phi) is 6.41. The number of benzene rings is 1. The van der Waals surface area contributed by atoms with Crippen molar-refractivity contribution < 1.29 is 19.4 Å². The van der Waals surface area contributed by atoms with Gasteiger partial charge in [0.05, 0.1) is 13.2 Å². The Morgan fingerprint density at radius 2 is 2.06 bits per heavy atom. The number of azide groups is 1. The summed E-state index contributed by atoms with van der Waals surface area (Å²) in [7, 11) is 1.38. The summed E-state index contributed by atoms with van der Waals surface area (Å²) in [5, 5.41) is 14.7. The fraction of sp³-hybridized carbons (Fsp3) is 0.565. The van der Waals surface area contributed by atoms with Crippen LogP contribution < -0.4 is 0 Å². The van der Waals surface area contributed by atoms with Crippen molar-refractivity contribution in [2.45, 2.75) is 43.9 Å². The number of rotatable bonds is 9. The summed E-state index contributed by atoms with van der Waals surface area (Å²) in [6, 6.07) is 8.75. The largest absolute Gasteiger partial charge is 0.468 e. The molecule has 8 heteroatoms. The Morgan fingerprint density at radius 3 is 2.71 bits per heavy atom. The number of fused-ring (bicyclic) bond motifs is 1. The zero-order valence-corrected chi connectivity index (χ0v) is 17.6. The lowest BCUT2D eigenvalue weighted by Crippen LogP contribution is -2.53. The van der Waals surface area contributed by atoms with Crippen molar-refractivity contribution in [2.75, 3.05) is 20.2 Å². The molecule has 0 radical (unpaired) electrons. The number of ketones is 1. The van der Waals surface area contributed by atoms with Crippen LogP contribution in [-0.4, -0.2) is 60.1 Å². The summed E-state index contributed by atoms with van der Waals surface area (Å²) in [6.45, 7) is 0.618. The number of carbonyl (C=O) groups excluding carboxylic acids is 2. The quantitative estimate of drug-likeness (QED) is 0.283. The molecule has 0 amide bonds. The lowest BCUT2D eigenvalue weighted by Gasteiger charge is -2.37. The van der Waals surface area contributed by atoms with Gasteiger partial charge in [-0.1, -0.05) is 35.4 Å². The van der Waals surface area contributed by atoms with Gasteiger partial charge in [-0.3, -0.25) is 14.5 Å². The van der Waals surface area contributed by atoms with Crippen molar-refractivity contribution in [3.63, 3.8) is 0 Å². The van der Waals surface area contributed by atoms with E-state index in [-0.39, 0.29) is 36.6 Å². The van der Waals surface area contributed by atoms with E-state index in [1.165, 1.54) is 7.11 Å². The minimum absolute atomic E-state index is 0.107. The van der Waals surface area contributed by atoms with Gasteiger partial charge < -0.3 is 9.84 Å². The second-order valence-electron chi connectivity index (χ2n) is 8.71. The Bertz CT molecular complexity index is 907. The maximum absolute atomic E-state index is 12.8. The molecule has 8 nitrogen and oxygen atoms in total. The number of likely N-dealkylation sites (tertiary alicyclic amines) is 1. The molecule has 4 rings (SSSR count). The molecule has 1 aromatic carbocycles. The van der Waals surface area contributed by atoms with Crippen LogP contribution in [0.15, 0.2) is 47.1 Å². The fourth-order valence-electron chi connectivity index (χ4n) is 5.36. The van der Waals surface area contributed by atoms with Crippen LogP contribution in [0.2, 0.25) is 0 Å². The van der Waals surface area contributed by atoms with Crippen LogP contribution in [0, 0.1) is 17.8 Å². The van der Waals surface area contributed by atoms with E-state index >= 15 is 0 Å². The molecule has 2 aliphatic carbocycles. The number of nitrogens with zero attached hydrogens (tertiary/aromatic N) is 4. The topological polar surface area (TPSA) is 116 Å². The van der Waals surface area contributed by atoms with Crippen molar-refractivity contribution in [1.82, 2.24) is 4.90 Å². The maximum Gasteiger partial charge on any atom is 0.323 e. The number of carbonyl (C=O) groups is 2. The van der Waals surface area contributed by atoms with Crippen molar-refractivity contribution in [3.8, 4) is 0 Å². The standard InChI is InChI=1S/C23H28N4O4/c1-31-23(30)17(11-14-5-3-2-4-6-14)27-13-16-12-19(29)20(15-7-8-15)21(16)22(27)18(28)9-10-25-26-24/h2-6,12,15,17-18,20-22,28H,7-11,13H2,1H3/t17-,18-,20-,21-,22-/m0/s1. The lowest BCUT2D eigenvalue weighted by molar-refractivity contribution is -0.148. The van der Waals surface area contributed by atoms with Gasteiger partial charge in [-0.15, -0.1) is 0 Å².